The van der Waals surface area contributed by atoms with Gasteiger partial charge in [0.15, 0.2) is 11.5 Å². The van der Waals surface area contributed by atoms with E-state index in [2.05, 4.69) is 17.1 Å². The number of hydrogen-bond acceptors (Lipinski definition) is 4. The minimum absolute atomic E-state index is 0.0669. The Balaban J connectivity index is 2.65. The van der Waals surface area contributed by atoms with Crippen LogP contribution in [0.3, 0.4) is 0 Å². The number of Topliss-reactive ketones (excluding diaryl/α,β-unsaturated/α-hetero) is 1. The maximum Gasteiger partial charge on any atom is 0.184 e. The monoisotopic (exact) mass is 243 g/mol. The SMILES string of the molecule is CCCc1cccc2c(N)c(C(=O)CC)nnc12. The molecular weight excluding hydrogens is 226 g/mol. The molecule has 0 bridgehead atoms. The summed E-state index contributed by atoms with van der Waals surface area (Å²) in [6, 6.07) is 5.87. The van der Waals surface area contributed by atoms with Gasteiger partial charge >= 0.3 is 0 Å². The van der Waals surface area contributed by atoms with Gasteiger partial charge in [-0.05, 0) is 12.0 Å². The number of benzene rings is 1. The molecule has 0 amide bonds. The van der Waals surface area contributed by atoms with Crippen molar-refractivity contribution in [3.8, 4) is 0 Å². The van der Waals surface area contributed by atoms with E-state index in [9.17, 15) is 4.79 Å². The van der Waals surface area contributed by atoms with E-state index >= 15 is 0 Å². The standard InChI is InChI=1S/C14H17N3O/c1-3-6-9-7-5-8-10-12(15)14(11(18)4-2)17-16-13(9)10/h5,7-8H,3-4,6H2,1-2H3,(H2,15,16). The molecule has 0 aliphatic carbocycles. The third-order valence-electron chi connectivity index (χ3n) is 3.02. The van der Waals surface area contributed by atoms with Crippen LogP contribution < -0.4 is 5.73 Å². The van der Waals surface area contributed by atoms with Gasteiger partial charge in [0.05, 0.1) is 11.2 Å². The summed E-state index contributed by atoms with van der Waals surface area (Å²) in [6.07, 6.45) is 2.36. The molecule has 2 rings (SSSR count). The van der Waals surface area contributed by atoms with Crippen LogP contribution in [-0.2, 0) is 6.42 Å². The highest BCUT2D eigenvalue weighted by Crippen LogP contribution is 2.25. The molecule has 0 fully saturated rings. The number of anilines is 1. The summed E-state index contributed by atoms with van der Waals surface area (Å²) in [6.45, 7) is 3.91. The minimum atomic E-state index is -0.0669. The minimum Gasteiger partial charge on any atom is -0.396 e. The van der Waals surface area contributed by atoms with Crippen molar-refractivity contribution in [1.29, 1.82) is 0 Å². The van der Waals surface area contributed by atoms with E-state index < -0.39 is 0 Å². The quantitative estimate of drug-likeness (QED) is 0.838. The number of fused-ring (bicyclic) bond motifs is 1. The van der Waals surface area contributed by atoms with Gasteiger partial charge in [-0.3, -0.25) is 4.79 Å². The number of carbonyl (C=O) groups excluding carboxylic acids is 1. The molecule has 0 saturated heterocycles. The Morgan fingerprint density at radius 2 is 2.06 bits per heavy atom. The van der Waals surface area contributed by atoms with Gasteiger partial charge in [0, 0.05) is 11.8 Å². The van der Waals surface area contributed by atoms with Crippen molar-refractivity contribution < 1.29 is 4.79 Å². The molecule has 2 aromatic rings. The van der Waals surface area contributed by atoms with Crippen molar-refractivity contribution in [2.24, 2.45) is 0 Å². The topological polar surface area (TPSA) is 68.9 Å². The van der Waals surface area contributed by atoms with Crippen LogP contribution in [0.2, 0.25) is 0 Å². The van der Waals surface area contributed by atoms with Crippen molar-refractivity contribution in [3.63, 3.8) is 0 Å². The summed E-state index contributed by atoms with van der Waals surface area (Å²) in [4.78, 5) is 11.7. The zero-order valence-electron chi connectivity index (χ0n) is 10.7. The first-order valence-electron chi connectivity index (χ1n) is 6.26. The van der Waals surface area contributed by atoms with Crippen molar-refractivity contribution in [2.75, 3.05) is 5.73 Å². The second-order valence-electron chi connectivity index (χ2n) is 4.30. The van der Waals surface area contributed by atoms with Crippen LogP contribution in [0, 0.1) is 0 Å². The number of hydrogen-bond donors (Lipinski definition) is 1. The van der Waals surface area contributed by atoms with E-state index in [-0.39, 0.29) is 5.78 Å². The molecule has 2 N–H and O–H groups in total. The molecule has 1 aromatic carbocycles. The molecule has 4 heteroatoms. The Hall–Kier alpha value is -1.97. The van der Waals surface area contributed by atoms with Crippen molar-refractivity contribution >= 4 is 22.4 Å². The summed E-state index contributed by atoms with van der Waals surface area (Å²) < 4.78 is 0. The van der Waals surface area contributed by atoms with Gasteiger partial charge in [-0.25, -0.2) is 0 Å². The van der Waals surface area contributed by atoms with Crippen molar-refractivity contribution in [1.82, 2.24) is 10.2 Å². The summed E-state index contributed by atoms with van der Waals surface area (Å²) in [5, 5.41) is 9.00. The number of nitrogens with zero attached hydrogens (tertiary/aromatic N) is 2. The zero-order chi connectivity index (χ0) is 13.1. The van der Waals surface area contributed by atoms with E-state index in [1.807, 2.05) is 18.2 Å². The highest BCUT2D eigenvalue weighted by Gasteiger charge is 2.14. The molecule has 1 aromatic heterocycles. The first-order valence-corrected chi connectivity index (χ1v) is 6.26. The number of aryl methyl sites for hydroxylation is 1. The van der Waals surface area contributed by atoms with Crippen LogP contribution in [-0.4, -0.2) is 16.0 Å². The van der Waals surface area contributed by atoms with E-state index in [1.54, 1.807) is 6.92 Å². The summed E-state index contributed by atoms with van der Waals surface area (Å²) in [5.41, 5.74) is 8.72. The molecule has 0 atom stereocenters. The van der Waals surface area contributed by atoms with E-state index in [0.29, 0.717) is 17.8 Å². The molecule has 0 aliphatic rings. The second-order valence-corrected chi connectivity index (χ2v) is 4.30. The number of nitrogens with two attached hydrogens (primary N) is 1. The predicted octanol–water partition coefficient (Wildman–Crippen LogP) is 2.76. The highest BCUT2D eigenvalue weighted by atomic mass is 16.1. The smallest absolute Gasteiger partial charge is 0.184 e. The molecule has 0 aliphatic heterocycles. The Morgan fingerprint density at radius 1 is 1.28 bits per heavy atom. The fourth-order valence-corrected chi connectivity index (χ4v) is 2.05. The largest absolute Gasteiger partial charge is 0.396 e. The zero-order valence-corrected chi connectivity index (χ0v) is 10.7. The summed E-state index contributed by atoms with van der Waals surface area (Å²) >= 11 is 0. The van der Waals surface area contributed by atoms with Gasteiger partial charge in [0.25, 0.3) is 0 Å². The Bertz CT molecular complexity index is 593. The first kappa shape index (κ1) is 12.5. The third kappa shape index (κ3) is 2.06. The number of nitrogen functional groups attached to an aromatic ring is 1. The maximum absolute atomic E-state index is 11.7. The Morgan fingerprint density at radius 3 is 2.72 bits per heavy atom. The van der Waals surface area contributed by atoms with Crippen molar-refractivity contribution in [2.45, 2.75) is 33.1 Å². The Kier molecular flexibility index (Phi) is 3.55. The third-order valence-corrected chi connectivity index (χ3v) is 3.02. The van der Waals surface area contributed by atoms with Gasteiger partial charge in [0.1, 0.15) is 0 Å². The Labute approximate surface area is 106 Å². The molecule has 0 radical (unpaired) electrons. The van der Waals surface area contributed by atoms with Gasteiger partial charge < -0.3 is 5.73 Å². The number of carbonyl (C=O) groups is 1. The normalized spacial score (nSPS) is 10.8. The maximum atomic E-state index is 11.7. The molecule has 1 heterocycles. The van der Waals surface area contributed by atoms with E-state index in [1.165, 1.54) is 0 Å². The molecule has 18 heavy (non-hydrogen) atoms. The molecule has 0 saturated carbocycles. The van der Waals surface area contributed by atoms with Crippen LogP contribution in [0.5, 0.6) is 0 Å². The second kappa shape index (κ2) is 5.12. The van der Waals surface area contributed by atoms with Crippen LogP contribution in [0.25, 0.3) is 10.9 Å². The fourth-order valence-electron chi connectivity index (χ4n) is 2.05. The summed E-state index contributed by atoms with van der Waals surface area (Å²) in [7, 11) is 0. The lowest BCUT2D eigenvalue weighted by atomic mass is 10.0. The lowest BCUT2D eigenvalue weighted by Gasteiger charge is -2.08. The van der Waals surface area contributed by atoms with E-state index in [4.69, 9.17) is 5.73 Å². The number of ketones is 1. The average molecular weight is 243 g/mol. The lowest BCUT2D eigenvalue weighted by Crippen LogP contribution is -2.08. The number of rotatable bonds is 4. The molecule has 94 valence electrons. The van der Waals surface area contributed by atoms with Crippen LogP contribution in [0.4, 0.5) is 5.69 Å². The number of aromatic nitrogens is 2. The fraction of sp³-hybridized carbons (Fsp3) is 0.357. The lowest BCUT2D eigenvalue weighted by molar-refractivity contribution is 0.0983. The molecule has 0 unspecified atom stereocenters. The first-order chi connectivity index (χ1) is 8.69. The van der Waals surface area contributed by atoms with Crippen molar-refractivity contribution in [3.05, 3.63) is 29.5 Å². The van der Waals surface area contributed by atoms with Gasteiger partial charge in [-0.15, -0.1) is 10.2 Å². The average Bonchev–Trinajstić information content (AvgIpc) is 2.39. The van der Waals surface area contributed by atoms with Gasteiger partial charge in [-0.1, -0.05) is 38.5 Å². The summed E-state index contributed by atoms with van der Waals surface area (Å²) in [5.74, 6) is -0.0669. The van der Waals surface area contributed by atoms with E-state index in [0.717, 1.165) is 29.3 Å². The van der Waals surface area contributed by atoms with Crippen LogP contribution >= 0.6 is 0 Å². The molecule has 4 nitrogen and oxygen atoms in total. The van der Waals surface area contributed by atoms with Gasteiger partial charge in [-0.2, -0.15) is 0 Å². The predicted molar refractivity (Wildman–Crippen MR) is 72.6 cm³/mol. The van der Waals surface area contributed by atoms with Gasteiger partial charge in [0.2, 0.25) is 0 Å². The van der Waals surface area contributed by atoms with Crippen LogP contribution in [0.1, 0.15) is 42.7 Å². The van der Waals surface area contributed by atoms with Crippen LogP contribution in [0.15, 0.2) is 18.2 Å². The molecular formula is C14H17N3O. The molecule has 0 spiro atoms. The highest BCUT2D eigenvalue weighted by molar-refractivity contribution is 6.05.